The van der Waals surface area contributed by atoms with Crippen molar-refractivity contribution < 1.29 is 9.53 Å². The van der Waals surface area contributed by atoms with Gasteiger partial charge in [-0.3, -0.25) is 5.43 Å². The van der Waals surface area contributed by atoms with E-state index in [-0.39, 0.29) is 0 Å². The van der Waals surface area contributed by atoms with Crippen LogP contribution in [0.3, 0.4) is 0 Å². The Hall–Kier alpha value is -3.03. The second-order valence-corrected chi connectivity index (χ2v) is 7.96. The fraction of sp³-hybridized carbons (Fsp3) is 0.0870. The number of halogens is 1. The third-order valence-corrected chi connectivity index (χ3v) is 4.76. The van der Waals surface area contributed by atoms with Crippen LogP contribution in [0.15, 0.2) is 76.3 Å². The van der Waals surface area contributed by atoms with Gasteiger partial charge in [0.1, 0.15) is 5.75 Å². The van der Waals surface area contributed by atoms with Crippen LogP contribution in [-0.2, 0) is 0 Å². The van der Waals surface area contributed by atoms with Crippen LogP contribution >= 0.6 is 28.1 Å². The van der Waals surface area contributed by atoms with Gasteiger partial charge in [-0.15, -0.1) is 0 Å². The number of benzene rings is 3. The molecule has 0 radical (unpaired) electrons. The van der Waals surface area contributed by atoms with Crippen molar-refractivity contribution in [3.05, 3.63) is 93.5 Å². The fourth-order valence-corrected chi connectivity index (χ4v) is 3.24. The van der Waals surface area contributed by atoms with Gasteiger partial charge in [0, 0.05) is 15.7 Å². The van der Waals surface area contributed by atoms with E-state index in [1.165, 1.54) is 0 Å². The summed E-state index contributed by atoms with van der Waals surface area (Å²) in [7, 11) is 0. The van der Waals surface area contributed by atoms with Crippen LogP contribution in [0.4, 0.5) is 5.69 Å². The Balaban J connectivity index is 1.68. The minimum Gasteiger partial charge on any atom is -0.422 e. The Morgan fingerprint density at radius 3 is 2.50 bits per heavy atom. The van der Waals surface area contributed by atoms with Crippen molar-refractivity contribution in [3.8, 4) is 5.75 Å². The molecular weight excluding hydrogens is 462 g/mol. The second-order valence-electron chi connectivity index (χ2n) is 6.63. The number of anilines is 1. The molecule has 0 spiro atoms. The molecule has 0 saturated heterocycles. The van der Waals surface area contributed by atoms with E-state index in [4.69, 9.17) is 17.0 Å². The minimum atomic E-state index is -0.430. The van der Waals surface area contributed by atoms with E-state index in [0.717, 1.165) is 21.3 Å². The van der Waals surface area contributed by atoms with Crippen LogP contribution in [0.1, 0.15) is 27.0 Å². The van der Waals surface area contributed by atoms with Gasteiger partial charge in [0.25, 0.3) is 0 Å². The maximum absolute atomic E-state index is 12.5. The smallest absolute Gasteiger partial charge is 0.343 e. The van der Waals surface area contributed by atoms with Crippen molar-refractivity contribution in [1.29, 1.82) is 0 Å². The average molecular weight is 482 g/mol. The monoisotopic (exact) mass is 481 g/mol. The number of rotatable bonds is 5. The third kappa shape index (κ3) is 6.23. The molecule has 3 rings (SSSR count). The molecule has 0 saturated carbocycles. The summed E-state index contributed by atoms with van der Waals surface area (Å²) in [6.45, 7) is 3.93. The first-order valence-corrected chi connectivity index (χ1v) is 10.4. The molecule has 30 heavy (non-hydrogen) atoms. The molecule has 0 aliphatic heterocycles. The van der Waals surface area contributed by atoms with Crippen LogP contribution in [0.25, 0.3) is 0 Å². The largest absolute Gasteiger partial charge is 0.422 e. The second kappa shape index (κ2) is 10.1. The number of nitrogens with one attached hydrogen (secondary N) is 2. The number of carbonyl (C=O) groups is 1. The lowest BCUT2D eigenvalue weighted by atomic mass is 10.1. The van der Waals surface area contributed by atoms with E-state index in [1.54, 1.807) is 36.5 Å². The van der Waals surface area contributed by atoms with E-state index in [0.29, 0.717) is 22.0 Å². The Morgan fingerprint density at radius 2 is 1.77 bits per heavy atom. The maximum atomic E-state index is 12.5. The number of carbonyl (C=O) groups excluding carboxylic acids is 1. The van der Waals surface area contributed by atoms with Gasteiger partial charge in [-0.1, -0.05) is 45.8 Å². The molecule has 152 valence electrons. The van der Waals surface area contributed by atoms with Crippen molar-refractivity contribution in [1.82, 2.24) is 5.43 Å². The summed E-state index contributed by atoms with van der Waals surface area (Å²) in [5.74, 6) is -0.0342. The summed E-state index contributed by atoms with van der Waals surface area (Å²) in [6.07, 6.45) is 1.55. The number of hydrazone groups is 1. The molecule has 0 aromatic heterocycles. The summed E-state index contributed by atoms with van der Waals surface area (Å²) in [5.41, 5.74) is 6.87. The molecule has 0 fully saturated rings. The first-order valence-electron chi connectivity index (χ1n) is 9.16. The zero-order valence-corrected chi connectivity index (χ0v) is 18.9. The lowest BCUT2D eigenvalue weighted by Crippen LogP contribution is -2.23. The number of hydrogen-bond acceptors (Lipinski definition) is 4. The standard InChI is InChI=1S/C23H20BrN3O2S/c1-15-5-3-7-17(11-15)22(28)29-21-10-9-19(24)13-18(21)14-25-27-23(30)26-20-8-4-6-16(2)12-20/h3-14H,1-2H3,(H2,26,27,30)/b25-14+. The summed E-state index contributed by atoms with van der Waals surface area (Å²) < 4.78 is 6.41. The van der Waals surface area contributed by atoms with Gasteiger partial charge in [0.15, 0.2) is 5.11 Å². The molecule has 0 heterocycles. The molecule has 0 aliphatic rings. The van der Waals surface area contributed by atoms with E-state index >= 15 is 0 Å². The normalized spacial score (nSPS) is 10.6. The van der Waals surface area contributed by atoms with Crippen molar-refractivity contribution in [3.63, 3.8) is 0 Å². The molecule has 0 bridgehead atoms. The van der Waals surface area contributed by atoms with Crippen molar-refractivity contribution >= 4 is 51.1 Å². The summed E-state index contributed by atoms with van der Waals surface area (Å²) in [5, 5.41) is 7.58. The summed E-state index contributed by atoms with van der Waals surface area (Å²) >= 11 is 8.70. The Kier molecular flexibility index (Phi) is 7.32. The van der Waals surface area contributed by atoms with Crippen LogP contribution in [-0.4, -0.2) is 17.3 Å². The van der Waals surface area contributed by atoms with E-state index in [2.05, 4.69) is 31.8 Å². The van der Waals surface area contributed by atoms with Gasteiger partial charge in [-0.2, -0.15) is 5.10 Å². The van der Waals surface area contributed by atoms with Crippen molar-refractivity contribution in [2.45, 2.75) is 13.8 Å². The van der Waals surface area contributed by atoms with Crippen LogP contribution in [0.2, 0.25) is 0 Å². The highest BCUT2D eigenvalue weighted by Crippen LogP contribution is 2.23. The number of hydrogen-bond donors (Lipinski definition) is 2. The Morgan fingerprint density at radius 1 is 1.03 bits per heavy atom. The molecule has 0 amide bonds. The molecular formula is C23H20BrN3O2S. The highest BCUT2D eigenvalue weighted by molar-refractivity contribution is 9.10. The Bertz CT molecular complexity index is 1120. The predicted octanol–water partition coefficient (Wildman–Crippen LogP) is 5.61. The lowest BCUT2D eigenvalue weighted by Gasteiger charge is -2.09. The molecule has 7 heteroatoms. The van der Waals surface area contributed by atoms with Gasteiger partial charge < -0.3 is 10.1 Å². The number of thiocarbonyl (C=S) groups is 1. The van der Waals surface area contributed by atoms with Gasteiger partial charge in [0.2, 0.25) is 0 Å². The van der Waals surface area contributed by atoms with Gasteiger partial charge in [0.05, 0.1) is 11.8 Å². The molecule has 3 aromatic carbocycles. The first kappa shape index (κ1) is 21.7. The summed E-state index contributed by atoms with van der Waals surface area (Å²) in [4.78, 5) is 12.5. The first-order chi connectivity index (χ1) is 14.4. The van der Waals surface area contributed by atoms with Crippen molar-refractivity contribution in [2.24, 2.45) is 5.10 Å². The van der Waals surface area contributed by atoms with E-state index < -0.39 is 5.97 Å². The minimum absolute atomic E-state index is 0.352. The number of aryl methyl sites for hydroxylation is 2. The molecule has 5 nitrogen and oxygen atoms in total. The number of nitrogens with zero attached hydrogens (tertiary/aromatic N) is 1. The highest BCUT2D eigenvalue weighted by atomic mass is 79.9. The quantitative estimate of drug-likeness (QED) is 0.163. The predicted molar refractivity (Wildman–Crippen MR) is 128 cm³/mol. The van der Waals surface area contributed by atoms with Gasteiger partial charge >= 0.3 is 5.97 Å². The van der Waals surface area contributed by atoms with Gasteiger partial charge in [-0.25, -0.2) is 4.79 Å². The SMILES string of the molecule is Cc1cccc(NC(=S)N/N=C/c2cc(Br)ccc2OC(=O)c2cccc(C)c2)c1. The zero-order chi connectivity index (χ0) is 21.5. The summed E-state index contributed by atoms with van der Waals surface area (Å²) in [6, 6.07) is 20.4. The van der Waals surface area contributed by atoms with Crippen LogP contribution in [0, 0.1) is 13.8 Å². The lowest BCUT2D eigenvalue weighted by molar-refractivity contribution is 0.0734. The van der Waals surface area contributed by atoms with Gasteiger partial charge in [-0.05, 0) is 74.1 Å². The number of ether oxygens (including phenoxy) is 1. The molecule has 0 atom stereocenters. The zero-order valence-electron chi connectivity index (χ0n) is 16.5. The Labute approximate surface area is 189 Å². The molecule has 3 aromatic rings. The topological polar surface area (TPSA) is 62.7 Å². The number of esters is 1. The fourth-order valence-electron chi connectivity index (χ4n) is 2.69. The molecule has 0 aliphatic carbocycles. The molecule has 2 N–H and O–H groups in total. The van der Waals surface area contributed by atoms with Crippen LogP contribution in [0.5, 0.6) is 5.75 Å². The third-order valence-electron chi connectivity index (χ3n) is 4.07. The molecule has 0 unspecified atom stereocenters. The average Bonchev–Trinajstić information content (AvgIpc) is 2.70. The van der Waals surface area contributed by atoms with E-state index in [1.807, 2.05) is 50.2 Å². The maximum Gasteiger partial charge on any atom is 0.343 e. The van der Waals surface area contributed by atoms with Crippen molar-refractivity contribution in [2.75, 3.05) is 5.32 Å². The van der Waals surface area contributed by atoms with Crippen LogP contribution < -0.4 is 15.5 Å². The highest BCUT2D eigenvalue weighted by Gasteiger charge is 2.11. The van der Waals surface area contributed by atoms with E-state index in [9.17, 15) is 4.79 Å².